The zero-order valence-corrected chi connectivity index (χ0v) is 14.7. The summed E-state index contributed by atoms with van der Waals surface area (Å²) in [7, 11) is 1.97. The number of aryl methyl sites for hydroxylation is 1. The molecule has 126 valence electrons. The predicted octanol–water partition coefficient (Wildman–Crippen LogP) is 3.34. The Balaban J connectivity index is 1.61. The van der Waals surface area contributed by atoms with Crippen molar-refractivity contribution in [2.45, 2.75) is 19.9 Å². The number of anilines is 1. The highest BCUT2D eigenvalue weighted by molar-refractivity contribution is 7.16. The summed E-state index contributed by atoms with van der Waals surface area (Å²) in [4.78, 5) is 20.8. The molecule has 0 aliphatic rings. The number of pyridine rings is 1. The minimum atomic E-state index is 0.471. The fourth-order valence-electron chi connectivity index (χ4n) is 2.54. The number of rotatable bonds is 5. The molecule has 0 aliphatic heterocycles. The number of hydrogen-bond donors (Lipinski definition) is 0. The number of fused-ring (bicyclic) bond motifs is 1. The second-order valence-corrected chi connectivity index (χ2v) is 6.46. The highest BCUT2D eigenvalue weighted by Crippen LogP contribution is 2.28. The molecule has 0 unspecified atom stereocenters. The molecule has 8 heteroatoms. The number of aromatic nitrogens is 5. The van der Waals surface area contributed by atoms with Crippen LogP contribution in [0.2, 0.25) is 0 Å². The molecular weight excluding hydrogens is 336 g/mol. The van der Waals surface area contributed by atoms with Gasteiger partial charge in [-0.25, -0.2) is 9.97 Å². The maximum atomic E-state index is 5.39. The maximum Gasteiger partial charge on any atom is 0.246 e. The molecule has 0 bridgehead atoms. The zero-order valence-electron chi connectivity index (χ0n) is 13.9. The Morgan fingerprint density at radius 2 is 2.12 bits per heavy atom. The van der Waals surface area contributed by atoms with Crippen molar-refractivity contribution in [3.05, 3.63) is 47.7 Å². The molecule has 0 atom stereocenters. The summed E-state index contributed by atoms with van der Waals surface area (Å²) >= 11 is 1.62. The smallest absolute Gasteiger partial charge is 0.246 e. The third kappa shape index (κ3) is 3.08. The molecule has 4 aromatic heterocycles. The van der Waals surface area contributed by atoms with Crippen LogP contribution in [0.3, 0.4) is 0 Å². The first kappa shape index (κ1) is 15.6. The van der Waals surface area contributed by atoms with Crippen LogP contribution in [0.4, 0.5) is 5.82 Å². The van der Waals surface area contributed by atoms with E-state index in [2.05, 4.69) is 32.0 Å². The van der Waals surface area contributed by atoms with Crippen LogP contribution in [0.1, 0.15) is 18.6 Å². The summed E-state index contributed by atoms with van der Waals surface area (Å²) in [5, 5.41) is 7.11. The summed E-state index contributed by atoms with van der Waals surface area (Å²) in [5.41, 5.74) is 0.829. The van der Waals surface area contributed by atoms with E-state index < -0.39 is 0 Å². The van der Waals surface area contributed by atoms with Crippen molar-refractivity contribution in [1.82, 2.24) is 25.1 Å². The lowest BCUT2D eigenvalue weighted by atomic mass is 10.3. The average Bonchev–Trinajstić information content (AvgIpc) is 3.30. The van der Waals surface area contributed by atoms with Crippen molar-refractivity contribution >= 4 is 27.4 Å². The molecule has 4 aromatic rings. The Labute approximate surface area is 148 Å². The van der Waals surface area contributed by atoms with E-state index in [-0.39, 0.29) is 0 Å². The molecule has 25 heavy (non-hydrogen) atoms. The summed E-state index contributed by atoms with van der Waals surface area (Å²) in [6.07, 6.45) is 4.22. The first-order valence-electron chi connectivity index (χ1n) is 7.93. The summed E-state index contributed by atoms with van der Waals surface area (Å²) in [6.45, 7) is 2.52. The molecule has 0 radical (unpaired) electrons. The van der Waals surface area contributed by atoms with Crippen LogP contribution in [0.25, 0.3) is 21.6 Å². The van der Waals surface area contributed by atoms with E-state index in [1.54, 1.807) is 23.7 Å². The van der Waals surface area contributed by atoms with Gasteiger partial charge in [-0.1, -0.05) is 12.1 Å². The molecular formula is C17H16N6OS. The molecule has 0 fully saturated rings. The third-order valence-corrected chi connectivity index (χ3v) is 4.60. The van der Waals surface area contributed by atoms with Gasteiger partial charge < -0.3 is 9.42 Å². The summed E-state index contributed by atoms with van der Waals surface area (Å²) in [5.74, 6) is 2.78. The van der Waals surface area contributed by atoms with Crippen LogP contribution in [0.15, 0.2) is 40.5 Å². The van der Waals surface area contributed by atoms with Crippen LogP contribution in [0, 0.1) is 0 Å². The first-order chi connectivity index (χ1) is 12.2. The lowest BCUT2D eigenvalue weighted by Gasteiger charge is -2.17. The molecule has 0 spiro atoms. The van der Waals surface area contributed by atoms with Crippen LogP contribution < -0.4 is 4.90 Å². The first-order valence-corrected chi connectivity index (χ1v) is 8.81. The highest BCUT2D eigenvalue weighted by Gasteiger charge is 2.16. The van der Waals surface area contributed by atoms with E-state index in [9.17, 15) is 0 Å². The van der Waals surface area contributed by atoms with Gasteiger partial charge in [-0.2, -0.15) is 4.98 Å². The second kappa shape index (κ2) is 6.56. The zero-order chi connectivity index (χ0) is 17.2. The van der Waals surface area contributed by atoms with Crippen LogP contribution in [-0.2, 0) is 13.0 Å². The van der Waals surface area contributed by atoms with E-state index in [1.165, 1.54) is 0 Å². The third-order valence-electron chi connectivity index (χ3n) is 3.79. The maximum absolute atomic E-state index is 5.39. The average molecular weight is 352 g/mol. The van der Waals surface area contributed by atoms with E-state index in [4.69, 9.17) is 4.52 Å². The Kier molecular flexibility index (Phi) is 4.10. The van der Waals surface area contributed by atoms with Gasteiger partial charge in [0.2, 0.25) is 11.7 Å². The second-order valence-electron chi connectivity index (χ2n) is 5.57. The predicted molar refractivity (Wildman–Crippen MR) is 96.4 cm³/mol. The number of nitrogens with zero attached hydrogens (tertiary/aromatic N) is 6. The fourth-order valence-corrected chi connectivity index (χ4v) is 3.32. The van der Waals surface area contributed by atoms with Gasteiger partial charge in [0.15, 0.2) is 0 Å². The Morgan fingerprint density at radius 3 is 2.92 bits per heavy atom. The SMILES string of the molecule is CCc1nc(N(C)Cc2nc(-c3cccnc3)no2)c2ccsc2n1. The Morgan fingerprint density at radius 1 is 1.20 bits per heavy atom. The van der Waals surface area contributed by atoms with Gasteiger partial charge >= 0.3 is 0 Å². The normalized spacial score (nSPS) is 11.1. The molecule has 0 saturated heterocycles. The van der Waals surface area contributed by atoms with Gasteiger partial charge in [0.1, 0.15) is 16.5 Å². The van der Waals surface area contributed by atoms with Crippen molar-refractivity contribution in [3.63, 3.8) is 0 Å². The largest absolute Gasteiger partial charge is 0.350 e. The van der Waals surface area contributed by atoms with Gasteiger partial charge in [0, 0.05) is 31.4 Å². The van der Waals surface area contributed by atoms with E-state index in [0.29, 0.717) is 18.3 Å². The molecule has 4 rings (SSSR count). The van der Waals surface area contributed by atoms with Gasteiger partial charge in [-0.15, -0.1) is 11.3 Å². The molecule has 0 N–H and O–H groups in total. The standard InChI is InChI=1S/C17H16N6OS/c1-3-13-19-16(12-6-8-25-17(12)20-13)23(2)10-14-21-15(22-24-14)11-5-4-7-18-9-11/h4-9H,3,10H2,1-2H3. The van der Waals surface area contributed by atoms with Crippen molar-refractivity contribution in [3.8, 4) is 11.4 Å². The lowest BCUT2D eigenvalue weighted by Crippen LogP contribution is -2.19. The topological polar surface area (TPSA) is 80.8 Å². The fraction of sp³-hybridized carbons (Fsp3) is 0.235. The molecule has 0 aliphatic carbocycles. The highest BCUT2D eigenvalue weighted by atomic mass is 32.1. The molecule has 0 amide bonds. The Hall–Kier alpha value is -2.87. The van der Waals surface area contributed by atoms with E-state index >= 15 is 0 Å². The molecule has 0 saturated carbocycles. The van der Waals surface area contributed by atoms with Gasteiger partial charge in [0.05, 0.1) is 11.9 Å². The van der Waals surface area contributed by atoms with Gasteiger partial charge in [0.25, 0.3) is 0 Å². The van der Waals surface area contributed by atoms with Crippen molar-refractivity contribution in [1.29, 1.82) is 0 Å². The van der Waals surface area contributed by atoms with E-state index in [1.807, 2.05) is 35.5 Å². The van der Waals surface area contributed by atoms with Gasteiger partial charge in [-0.3, -0.25) is 4.98 Å². The monoisotopic (exact) mass is 352 g/mol. The minimum absolute atomic E-state index is 0.471. The molecule has 7 nitrogen and oxygen atoms in total. The summed E-state index contributed by atoms with van der Waals surface area (Å²) in [6, 6.07) is 5.79. The van der Waals surface area contributed by atoms with Crippen molar-refractivity contribution in [2.75, 3.05) is 11.9 Å². The quantitative estimate of drug-likeness (QED) is 0.545. The van der Waals surface area contributed by atoms with Crippen molar-refractivity contribution in [2.24, 2.45) is 0 Å². The van der Waals surface area contributed by atoms with Crippen LogP contribution >= 0.6 is 11.3 Å². The summed E-state index contributed by atoms with van der Waals surface area (Å²) < 4.78 is 5.39. The molecule has 4 heterocycles. The number of hydrogen-bond acceptors (Lipinski definition) is 8. The van der Waals surface area contributed by atoms with Crippen molar-refractivity contribution < 1.29 is 4.52 Å². The lowest BCUT2D eigenvalue weighted by molar-refractivity contribution is 0.378. The minimum Gasteiger partial charge on any atom is -0.350 e. The number of thiophene rings is 1. The van der Waals surface area contributed by atoms with Gasteiger partial charge in [-0.05, 0) is 23.6 Å². The van der Waals surface area contributed by atoms with Crippen LogP contribution in [-0.4, -0.2) is 32.1 Å². The Bertz CT molecular complexity index is 997. The van der Waals surface area contributed by atoms with E-state index in [0.717, 1.165) is 33.8 Å². The van der Waals surface area contributed by atoms with Crippen LogP contribution in [0.5, 0.6) is 0 Å². The molecule has 0 aromatic carbocycles.